The summed E-state index contributed by atoms with van der Waals surface area (Å²) in [4.78, 5) is 28.2. The van der Waals surface area contributed by atoms with E-state index in [9.17, 15) is 9.59 Å². The van der Waals surface area contributed by atoms with Crippen LogP contribution in [-0.4, -0.2) is 30.6 Å². The molecule has 1 amide bonds. The van der Waals surface area contributed by atoms with Crippen molar-refractivity contribution in [3.8, 4) is 5.75 Å². The first-order chi connectivity index (χ1) is 11.1. The zero-order chi connectivity index (χ0) is 16.7. The van der Waals surface area contributed by atoms with Crippen molar-refractivity contribution >= 4 is 28.3 Å². The van der Waals surface area contributed by atoms with Gasteiger partial charge in [0.25, 0.3) is 0 Å². The van der Waals surface area contributed by atoms with Crippen LogP contribution in [0.15, 0.2) is 30.5 Å². The van der Waals surface area contributed by atoms with E-state index in [-0.39, 0.29) is 11.9 Å². The molecule has 0 saturated heterocycles. The fourth-order valence-electron chi connectivity index (χ4n) is 1.82. The molecule has 7 heteroatoms. The minimum Gasteiger partial charge on any atom is -0.494 e. The number of nitrogens with one attached hydrogen (secondary N) is 1. The maximum absolute atomic E-state index is 11.7. The molecule has 1 heterocycles. The number of esters is 1. The lowest BCUT2D eigenvalue weighted by Crippen LogP contribution is -2.12. The predicted octanol–water partition coefficient (Wildman–Crippen LogP) is 3.04. The van der Waals surface area contributed by atoms with Crippen LogP contribution in [0, 0.1) is 6.92 Å². The first kappa shape index (κ1) is 17.0. The van der Waals surface area contributed by atoms with Crippen LogP contribution in [0.1, 0.15) is 28.1 Å². The van der Waals surface area contributed by atoms with Crippen molar-refractivity contribution < 1.29 is 19.1 Å². The van der Waals surface area contributed by atoms with E-state index in [1.54, 1.807) is 30.5 Å². The molecule has 0 unspecified atom stereocenters. The molecule has 2 rings (SSSR count). The van der Waals surface area contributed by atoms with Crippen molar-refractivity contribution in [2.75, 3.05) is 19.0 Å². The van der Waals surface area contributed by atoms with Gasteiger partial charge in [0.2, 0.25) is 5.91 Å². The second-order valence-electron chi connectivity index (χ2n) is 4.79. The summed E-state index contributed by atoms with van der Waals surface area (Å²) in [5, 5.41) is 3.37. The minimum atomic E-state index is -0.384. The van der Waals surface area contributed by atoms with Crippen molar-refractivity contribution in [1.82, 2.24) is 4.98 Å². The number of methoxy groups -OCH3 is 1. The summed E-state index contributed by atoms with van der Waals surface area (Å²) in [5.74, 6) is 0.184. The number of thiazole rings is 1. The molecule has 122 valence electrons. The van der Waals surface area contributed by atoms with Crippen molar-refractivity contribution in [2.45, 2.75) is 19.8 Å². The maximum atomic E-state index is 11.7. The molecule has 0 bridgehead atoms. The first-order valence-corrected chi connectivity index (χ1v) is 7.93. The van der Waals surface area contributed by atoms with Crippen molar-refractivity contribution in [3.05, 3.63) is 40.9 Å². The minimum absolute atomic E-state index is 0.0796. The van der Waals surface area contributed by atoms with E-state index >= 15 is 0 Å². The number of carbonyl (C=O) groups excluding carboxylic acids is 2. The topological polar surface area (TPSA) is 77.5 Å². The Hall–Kier alpha value is -2.41. The third-order valence-electron chi connectivity index (χ3n) is 2.96. The second kappa shape index (κ2) is 8.28. The summed E-state index contributed by atoms with van der Waals surface area (Å²) in [6, 6.07) is 6.67. The number of benzene rings is 1. The highest BCUT2D eigenvalue weighted by Crippen LogP contribution is 2.17. The Kier molecular flexibility index (Phi) is 6.10. The molecule has 1 aromatic heterocycles. The van der Waals surface area contributed by atoms with Gasteiger partial charge in [-0.1, -0.05) is 0 Å². The molecular formula is C16H18N2O4S. The van der Waals surface area contributed by atoms with Crippen LogP contribution in [0.2, 0.25) is 0 Å². The van der Waals surface area contributed by atoms with Crippen LogP contribution in [-0.2, 0) is 9.53 Å². The standard InChI is InChI=1S/C16H18N2O4S/c1-11-10-17-16(23-11)18-14(19)4-3-9-22-13-7-5-12(6-8-13)15(20)21-2/h5-8,10H,3-4,9H2,1-2H3,(H,17,18,19). The van der Waals surface area contributed by atoms with E-state index in [4.69, 9.17) is 4.74 Å². The van der Waals surface area contributed by atoms with Crippen molar-refractivity contribution in [3.63, 3.8) is 0 Å². The van der Waals surface area contributed by atoms with Gasteiger partial charge < -0.3 is 14.8 Å². The molecule has 6 nitrogen and oxygen atoms in total. The molecule has 1 N–H and O–H groups in total. The number of carbonyl (C=O) groups is 2. The summed E-state index contributed by atoms with van der Waals surface area (Å²) in [7, 11) is 1.34. The van der Waals surface area contributed by atoms with Crippen LogP contribution in [0.25, 0.3) is 0 Å². The number of anilines is 1. The van der Waals surface area contributed by atoms with E-state index in [0.29, 0.717) is 35.9 Å². The molecule has 0 radical (unpaired) electrons. The van der Waals surface area contributed by atoms with E-state index in [1.165, 1.54) is 18.4 Å². The zero-order valence-corrected chi connectivity index (χ0v) is 13.8. The third kappa shape index (κ3) is 5.37. The number of amides is 1. The average Bonchev–Trinajstić information content (AvgIpc) is 2.96. The number of rotatable bonds is 7. The van der Waals surface area contributed by atoms with E-state index in [2.05, 4.69) is 15.0 Å². The number of aryl methyl sites for hydroxylation is 1. The number of aromatic nitrogens is 1. The molecule has 0 atom stereocenters. The number of ether oxygens (including phenoxy) is 2. The lowest BCUT2D eigenvalue weighted by Gasteiger charge is -2.06. The molecule has 0 aliphatic rings. The smallest absolute Gasteiger partial charge is 0.337 e. The van der Waals surface area contributed by atoms with Crippen LogP contribution in [0.5, 0.6) is 5.75 Å². The summed E-state index contributed by atoms with van der Waals surface area (Å²) in [5.41, 5.74) is 0.470. The molecule has 0 fully saturated rings. The highest BCUT2D eigenvalue weighted by molar-refractivity contribution is 7.15. The van der Waals surface area contributed by atoms with Gasteiger partial charge in [0.15, 0.2) is 5.13 Å². The number of hydrogen-bond donors (Lipinski definition) is 1. The summed E-state index contributed by atoms with van der Waals surface area (Å²) < 4.78 is 10.2. The van der Waals surface area contributed by atoms with Crippen LogP contribution < -0.4 is 10.1 Å². The Balaban J connectivity index is 1.68. The quantitative estimate of drug-likeness (QED) is 0.622. The first-order valence-electron chi connectivity index (χ1n) is 7.12. The molecule has 23 heavy (non-hydrogen) atoms. The zero-order valence-electron chi connectivity index (χ0n) is 13.0. The fourth-order valence-corrected chi connectivity index (χ4v) is 2.50. The molecule has 0 saturated carbocycles. The lowest BCUT2D eigenvalue weighted by molar-refractivity contribution is -0.116. The second-order valence-corrected chi connectivity index (χ2v) is 6.03. The predicted molar refractivity (Wildman–Crippen MR) is 88.0 cm³/mol. The van der Waals surface area contributed by atoms with E-state index in [0.717, 1.165) is 4.88 Å². The van der Waals surface area contributed by atoms with Crippen LogP contribution >= 0.6 is 11.3 Å². The maximum Gasteiger partial charge on any atom is 0.337 e. The fraction of sp³-hybridized carbons (Fsp3) is 0.312. The Morgan fingerprint density at radius 3 is 2.61 bits per heavy atom. The highest BCUT2D eigenvalue weighted by Gasteiger charge is 2.06. The lowest BCUT2D eigenvalue weighted by atomic mass is 10.2. The van der Waals surface area contributed by atoms with Gasteiger partial charge in [-0.25, -0.2) is 9.78 Å². The molecule has 0 spiro atoms. The molecule has 0 aliphatic heterocycles. The third-order valence-corrected chi connectivity index (χ3v) is 3.79. The average molecular weight is 334 g/mol. The van der Waals surface area contributed by atoms with Gasteiger partial charge in [-0.3, -0.25) is 4.79 Å². The summed E-state index contributed by atoms with van der Waals surface area (Å²) in [6.07, 6.45) is 2.68. The van der Waals surface area contributed by atoms with Gasteiger partial charge in [-0.15, -0.1) is 11.3 Å². The highest BCUT2D eigenvalue weighted by atomic mass is 32.1. The van der Waals surface area contributed by atoms with Gasteiger partial charge in [0.1, 0.15) is 5.75 Å². The van der Waals surface area contributed by atoms with Gasteiger partial charge in [0.05, 0.1) is 19.3 Å². The van der Waals surface area contributed by atoms with Crippen molar-refractivity contribution in [2.24, 2.45) is 0 Å². The van der Waals surface area contributed by atoms with Crippen LogP contribution in [0.3, 0.4) is 0 Å². The Bertz CT molecular complexity index is 667. The van der Waals surface area contributed by atoms with E-state index < -0.39 is 0 Å². The monoisotopic (exact) mass is 334 g/mol. The van der Waals surface area contributed by atoms with Gasteiger partial charge in [0, 0.05) is 17.5 Å². The normalized spacial score (nSPS) is 10.2. The molecule has 1 aromatic carbocycles. The largest absolute Gasteiger partial charge is 0.494 e. The molecule has 2 aromatic rings. The molecule has 0 aliphatic carbocycles. The Morgan fingerprint density at radius 1 is 1.26 bits per heavy atom. The summed E-state index contributed by atoms with van der Waals surface area (Å²) in [6.45, 7) is 2.36. The Labute approximate surface area is 138 Å². The van der Waals surface area contributed by atoms with Crippen molar-refractivity contribution in [1.29, 1.82) is 0 Å². The molecular weight excluding hydrogens is 316 g/mol. The summed E-state index contributed by atoms with van der Waals surface area (Å²) >= 11 is 1.45. The van der Waals surface area contributed by atoms with Gasteiger partial charge in [-0.2, -0.15) is 0 Å². The van der Waals surface area contributed by atoms with Gasteiger partial charge in [-0.05, 0) is 37.6 Å². The SMILES string of the molecule is COC(=O)c1ccc(OCCCC(=O)Nc2ncc(C)s2)cc1. The number of nitrogens with zero attached hydrogens (tertiary/aromatic N) is 1. The van der Waals surface area contributed by atoms with Crippen LogP contribution in [0.4, 0.5) is 5.13 Å². The van der Waals surface area contributed by atoms with E-state index in [1.807, 2.05) is 6.92 Å². The van der Waals surface area contributed by atoms with Gasteiger partial charge >= 0.3 is 5.97 Å². The Morgan fingerprint density at radius 2 is 2.00 bits per heavy atom. The number of hydrogen-bond acceptors (Lipinski definition) is 6.